The molecule has 1 heterocycles. The first-order valence-electron chi connectivity index (χ1n) is 4.32. The zero-order valence-electron chi connectivity index (χ0n) is 7.39. The van der Waals surface area contributed by atoms with E-state index in [2.05, 4.69) is 11.1 Å². The molecule has 0 saturated heterocycles. The molecule has 0 amide bonds. The third-order valence-corrected chi connectivity index (χ3v) is 2.81. The van der Waals surface area contributed by atoms with E-state index in [0.29, 0.717) is 10.7 Å². The van der Waals surface area contributed by atoms with Gasteiger partial charge in [-0.25, -0.2) is 4.98 Å². The number of aromatic nitrogens is 1. The third kappa shape index (κ3) is 1.20. The van der Waals surface area contributed by atoms with E-state index in [-0.39, 0.29) is 0 Å². The van der Waals surface area contributed by atoms with Crippen LogP contribution in [0.1, 0.15) is 28.8 Å². The average Bonchev–Trinajstić information content (AvgIpc) is 2.53. The van der Waals surface area contributed by atoms with Crippen molar-refractivity contribution < 1.29 is 0 Å². The van der Waals surface area contributed by atoms with Crippen LogP contribution in [0.3, 0.4) is 0 Å². The molecule has 1 aliphatic rings. The number of aryl methyl sites for hydroxylation is 1. The Kier molecular flexibility index (Phi) is 1.97. The molecule has 0 fully saturated rings. The van der Waals surface area contributed by atoms with Crippen LogP contribution in [0.2, 0.25) is 5.15 Å². The minimum absolute atomic E-state index is 0.362. The molecule has 0 spiro atoms. The van der Waals surface area contributed by atoms with Gasteiger partial charge in [-0.3, -0.25) is 0 Å². The molecule has 0 N–H and O–H groups in total. The van der Waals surface area contributed by atoms with Crippen LogP contribution in [0.15, 0.2) is 0 Å². The number of pyridine rings is 1. The smallest absolute Gasteiger partial charge is 0.147 e. The van der Waals surface area contributed by atoms with Crippen LogP contribution >= 0.6 is 11.6 Å². The molecule has 2 rings (SSSR count). The molecule has 1 aromatic rings. The van der Waals surface area contributed by atoms with Crippen molar-refractivity contribution in [1.29, 1.82) is 5.26 Å². The second kappa shape index (κ2) is 3.01. The van der Waals surface area contributed by atoms with E-state index in [0.717, 1.165) is 30.5 Å². The molecule has 1 aliphatic carbocycles. The predicted molar refractivity (Wildman–Crippen MR) is 50.7 cm³/mol. The van der Waals surface area contributed by atoms with Crippen molar-refractivity contribution in [3.63, 3.8) is 0 Å². The van der Waals surface area contributed by atoms with Gasteiger partial charge in [0.15, 0.2) is 0 Å². The Hall–Kier alpha value is -1.07. The minimum Gasteiger partial charge on any atom is -0.240 e. The summed E-state index contributed by atoms with van der Waals surface area (Å²) < 4.78 is 0. The third-order valence-electron chi connectivity index (χ3n) is 2.54. The Morgan fingerprint density at radius 1 is 1.38 bits per heavy atom. The number of hydrogen-bond acceptors (Lipinski definition) is 2. The van der Waals surface area contributed by atoms with Gasteiger partial charge in [0.1, 0.15) is 11.2 Å². The second-order valence-corrected chi connectivity index (χ2v) is 3.64. The fourth-order valence-corrected chi connectivity index (χ4v) is 2.21. The van der Waals surface area contributed by atoms with Gasteiger partial charge < -0.3 is 0 Å². The van der Waals surface area contributed by atoms with Crippen molar-refractivity contribution in [3.05, 3.63) is 27.5 Å². The van der Waals surface area contributed by atoms with Gasteiger partial charge in [0.25, 0.3) is 0 Å². The molecule has 3 heteroatoms. The SMILES string of the molecule is Cc1nc(Cl)c(C#N)c2c1CCC2. The molecule has 66 valence electrons. The van der Waals surface area contributed by atoms with Crippen LogP contribution in [0, 0.1) is 18.3 Å². The number of halogens is 1. The van der Waals surface area contributed by atoms with Crippen LogP contribution in [0.4, 0.5) is 0 Å². The van der Waals surface area contributed by atoms with Crippen molar-refractivity contribution in [2.45, 2.75) is 26.2 Å². The van der Waals surface area contributed by atoms with Gasteiger partial charge in [-0.15, -0.1) is 0 Å². The quantitative estimate of drug-likeness (QED) is 0.592. The van der Waals surface area contributed by atoms with Crippen molar-refractivity contribution >= 4 is 11.6 Å². The van der Waals surface area contributed by atoms with Crippen molar-refractivity contribution in [3.8, 4) is 6.07 Å². The molecule has 2 nitrogen and oxygen atoms in total. The van der Waals surface area contributed by atoms with Gasteiger partial charge in [0, 0.05) is 5.69 Å². The summed E-state index contributed by atoms with van der Waals surface area (Å²) in [7, 11) is 0. The van der Waals surface area contributed by atoms with Crippen LogP contribution < -0.4 is 0 Å². The zero-order chi connectivity index (χ0) is 9.42. The number of nitriles is 1. The lowest BCUT2D eigenvalue weighted by atomic mass is 10.1. The van der Waals surface area contributed by atoms with E-state index in [1.54, 1.807) is 0 Å². The van der Waals surface area contributed by atoms with E-state index in [1.807, 2.05) is 6.92 Å². The Balaban J connectivity index is 2.74. The zero-order valence-corrected chi connectivity index (χ0v) is 8.15. The van der Waals surface area contributed by atoms with Gasteiger partial charge in [-0.05, 0) is 37.3 Å². The summed E-state index contributed by atoms with van der Waals surface area (Å²) >= 11 is 5.88. The Morgan fingerprint density at radius 2 is 2.08 bits per heavy atom. The van der Waals surface area contributed by atoms with E-state index in [1.165, 1.54) is 5.56 Å². The highest BCUT2D eigenvalue weighted by Gasteiger charge is 2.20. The van der Waals surface area contributed by atoms with Crippen molar-refractivity contribution in [1.82, 2.24) is 4.98 Å². The normalized spacial score (nSPS) is 13.9. The number of rotatable bonds is 0. The van der Waals surface area contributed by atoms with Crippen LogP contribution in [0.5, 0.6) is 0 Å². The summed E-state index contributed by atoms with van der Waals surface area (Å²) in [5.74, 6) is 0. The molecule has 0 unspecified atom stereocenters. The van der Waals surface area contributed by atoms with Crippen molar-refractivity contribution in [2.75, 3.05) is 0 Å². The molecule has 0 bridgehead atoms. The standard InChI is InChI=1S/C10H9ClN2/c1-6-7-3-2-4-8(7)9(5-12)10(11)13-6/h2-4H2,1H3. The van der Waals surface area contributed by atoms with E-state index in [9.17, 15) is 0 Å². The van der Waals surface area contributed by atoms with Crippen LogP contribution in [0.25, 0.3) is 0 Å². The Morgan fingerprint density at radius 3 is 2.77 bits per heavy atom. The lowest BCUT2D eigenvalue weighted by molar-refractivity contribution is 0.906. The maximum Gasteiger partial charge on any atom is 0.147 e. The lowest BCUT2D eigenvalue weighted by Gasteiger charge is -2.06. The highest BCUT2D eigenvalue weighted by molar-refractivity contribution is 6.30. The summed E-state index contributed by atoms with van der Waals surface area (Å²) in [6, 6.07) is 2.13. The Bertz CT molecular complexity index is 404. The first kappa shape index (κ1) is 8.52. The van der Waals surface area contributed by atoms with E-state index >= 15 is 0 Å². The van der Waals surface area contributed by atoms with Crippen LogP contribution in [-0.4, -0.2) is 4.98 Å². The topological polar surface area (TPSA) is 36.7 Å². The van der Waals surface area contributed by atoms with Gasteiger partial charge in [-0.1, -0.05) is 11.6 Å². The van der Waals surface area contributed by atoms with Gasteiger partial charge >= 0.3 is 0 Å². The Labute approximate surface area is 82.2 Å². The lowest BCUT2D eigenvalue weighted by Crippen LogP contribution is -1.97. The molecule has 1 aromatic heterocycles. The summed E-state index contributed by atoms with van der Waals surface area (Å²) in [5, 5.41) is 9.26. The summed E-state index contributed by atoms with van der Waals surface area (Å²) in [6.07, 6.45) is 3.13. The molecule has 0 saturated carbocycles. The van der Waals surface area contributed by atoms with Crippen LogP contribution in [-0.2, 0) is 12.8 Å². The average molecular weight is 193 g/mol. The highest BCUT2D eigenvalue weighted by atomic mass is 35.5. The second-order valence-electron chi connectivity index (χ2n) is 3.29. The number of fused-ring (bicyclic) bond motifs is 1. The van der Waals surface area contributed by atoms with Gasteiger partial charge in [0.2, 0.25) is 0 Å². The maximum atomic E-state index is 8.90. The van der Waals surface area contributed by atoms with Gasteiger partial charge in [0.05, 0.1) is 5.56 Å². The van der Waals surface area contributed by atoms with Gasteiger partial charge in [-0.2, -0.15) is 5.26 Å². The summed E-state index contributed by atoms with van der Waals surface area (Å²) in [4.78, 5) is 4.16. The van der Waals surface area contributed by atoms with E-state index < -0.39 is 0 Å². The molecule has 13 heavy (non-hydrogen) atoms. The molecular formula is C10H9ClN2. The summed E-state index contributed by atoms with van der Waals surface area (Å²) in [6.45, 7) is 1.96. The highest BCUT2D eigenvalue weighted by Crippen LogP contribution is 2.30. The molecule has 0 radical (unpaired) electrons. The monoisotopic (exact) mass is 192 g/mol. The fourth-order valence-electron chi connectivity index (χ4n) is 1.93. The van der Waals surface area contributed by atoms with Crippen molar-refractivity contribution in [2.24, 2.45) is 0 Å². The molecule has 0 aromatic carbocycles. The first-order chi connectivity index (χ1) is 6.24. The summed E-state index contributed by atoms with van der Waals surface area (Å²) in [5.41, 5.74) is 3.93. The largest absolute Gasteiger partial charge is 0.240 e. The molecule has 0 atom stereocenters. The maximum absolute atomic E-state index is 8.90. The molecule has 0 aliphatic heterocycles. The van der Waals surface area contributed by atoms with E-state index in [4.69, 9.17) is 16.9 Å². The first-order valence-corrected chi connectivity index (χ1v) is 4.69. The predicted octanol–water partition coefficient (Wildman–Crippen LogP) is 2.40. The number of nitrogens with zero attached hydrogens (tertiary/aromatic N) is 2. The fraction of sp³-hybridized carbons (Fsp3) is 0.400. The minimum atomic E-state index is 0.362. The molecular weight excluding hydrogens is 184 g/mol. The number of hydrogen-bond donors (Lipinski definition) is 0.